The van der Waals surface area contributed by atoms with Crippen molar-refractivity contribution < 1.29 is 23.1 Å². The molecule has 2 atom stereocenters. The monoisotopic (exact) mass is 349 g/mol. The number of rotatable bonds is 6. The molecule has 1 aliphatic rings. The lowest BCUT2D eigenvalue weighted by atomic mass is 10.0. The summed E-state index contributed by atoms with van der Waals surface area (Å²) in [5, 5.41) is 10.2. The van der Waals surface area contributed by atoms with Crippen molar-refractivity contribution in [2.45, 2.75) is 44.2 Å². The minimum Gasteiger partial charge on any atom is -0.467 e. The second-order valence-corrected chi connectivity index (χ2v) is 6.40. The van der Waals surface area contributed by atoms with Crippen LogP contribution in [0.25, 0.3) is 0 Å². The van der Waals surface area contributed by atoms with Gasteiger partial charge in [0, 0.05) is 25.4 Å². The van der Waals surface area contributed by atoms with Gasteiger partial charge < -0.3 is 14.4 Å². The smallest absolute Gasteiger partial charge is 0.223 e. The molecule has 2 heterocycles. The Labute approximate surface area is 145 Å². The number of aliphatic hydroxyl groups is 1. The normalized spacial score (nSPS) is 18.5. The Kier molecular flexibility index (Phi) is 5.48. The van der Waals surface area contributed by atoms with Gasteiger partial charge in [0.05, 0.1) is 6.26 Å². The van der Waals surface area contributed by atoms with Crippen molar-refractivity contribution in [1.29, 1.82) is 0 Å². The van der Waals surface area contributed by atoms with Gasteiger partial charge in [0.1, 0.15) is 11.9 Å². The number of aryl methyl sites for hydroxylation is 1. The molecule has 0 spiro atoms. The van der Waals surface area contributed by atoms with Gasteiger partial charge in [-0.2, -0.15) is 0 Å². The quantitative estimate of drug-likeness (QED) is 0.867. The molecule has 1 saturated heterocycles. The Balaban J connectivity index is 1.56. The molecular weight excluding hydrogens is 328 g/mol. The number of carbonyl (C=O) groups excluding carboxylic acids is 1. The van der Waals surface area contributed by atoms with E-state index >= 15 is 0 Å². The summed E-state index contributed by atoms with van der Waals surface area (Å²) >= 11 is 0. The second kappa shape index (κ2) is 7.78. The van der Waals surface area contributed by atoms with Crippen LogP contribution >= 0.6 is 0 Å². The first-order valence-corrected chi connectivity index (χ1v) is 8.49. The van der Waals surface area contributed by atoms with Crippen molar-refractivity contribution in [2.24, 2.45) is 0 Å². The number of hydrogen-bond donors (Lipinski definition) is 1. The standard InChI is InChI=1S/C19H21F2NO3/c20-15-7-5-13(11-16(15)21)6-8-19(24)22-9-1-3-14(22)12-17(23)18-4-2-10-25-18/h2,4-5,7,10-11,14,17,23H,1,3,6,8-9,12H2. The van der Waals surface area contributed by atoms with Gasteiger partial charge in [-0.05, 0) is 49.1 Å². The fourth-order valence-corrected chi connectivity index (χ4v) is 3.35. The van der Waals surface area contributed by atoms with Crippen molar-refractivity contribution >= 4 is 5.91 Å². The second-order valence-electron chi connectivity index (χ2n) is 6.40. The van der Waals surface area contributed by atoms with E-state index in [1.165, 1.54) is 12.3 Å². The molecule has 0 radical (unpaired) electrons. The van der Waals surface area contributed by atoms with Gasteiger partial charge in [-0.25, -0.2) is 8.78 Å². The predicted octanol–water partition coefficient (Wildman–Crippen LogP) is 3.61. The highest BCUT2D eigenvalue weighted by Gasteiger charge is 2.30. The fourth-order valence-electron chi connectivity index (χ4n) is 3.35. The first-order chi connectivity index (χ1) is 12.0. The van der Waals surface area contributed by atoms with Crippen LogP contribution in [0, 0.1) is 11.6 Å². The summed E-state index contributed by atoms with van der Waals surface area (Å²) in [6, 6.07) is 7.11. The molecule has 0 saturated carbocycles. The first kappa shape index (κ1) is 17.6. The molecule has 2 aromatic rings. The summed E-state index contributed by atoms with van der Waals surface area (Å²) in [7, 11) is 0. The van der Waals surface area contributed by atoms with Crippen molar-refractivity contribution in [3.05, 3.63) is 59.6 Å². The maximum atomic E-state index is 13.2. The van der Waals surface area contributed by atoms with E-state index in [4.69, 9.17) is 4.42 Å². The summed E-state index contributed by atoms with van der Waals surface area (Å²) in [6.07, 6.45) is 3.54. The molecule has 1 amide bonds. The topological polar surface area (TPSA) is 53.7 Å². The van der Waals surface area contributed by atoms with Crippen molar-refractivity contribution in [3.63, 3.8) is 0 Å². The van der Waals surface area contributed by atoms with Gasteiger partial charge in [0.2, 0.25) is 5.91 Å². The molecule has 1 aromatic heterocycles. The van der Waals surface area contributed by atoms with Crippen molar-refractivity contribution in [1.82, 2.24) is 4.90 Å². The van der Waals surface area contributed by atoms with E-state index < -0.39 is 17.7 Å². The summed E-state index contributed by atoms with van der Waals surface area (Å²) < 4.78 is 31.4. The van der Waals surface area contributed by atoms with Crippen LogP contribution in [0.15, 0.2) is 41.0 Å². The average Bonchev–Trinajstić information content (AvgIpc) is 3.27. The lowest BCUT2D eigenvalue weighted by molar-refractivity contribution is -0.132. The summed E-state index contributed by atoms with van der Waals surface area (Å²) in [6.45, 7) is 0.659. The predicted molar refractivity (Wildman–Crippen MR) is 87.7 cm³/mol. The number of nitrogens with zero attached hydrogens (tertiary/aromatic N) is 1. The lowest BCUT2D eigenvalue weighted by Gasteiger charge is -2.26. The van der Waals surface area contributed by atoms with E-state index in [2.05, 4.69) is 0 Å². The Hall–Kier alpha value is -2.21. The van der Waals surface area contributed by atoms with Gasteiger partial charge in [-0.1, -0.05) is 6.07 Å². The molecular formula is C19H21F2NO3. The first-order valence-electron chi connectivity index (χ1n) is 8.49. The molecule has 1 aliphatic heterocycles. The Bertz CT molecular complexity index is 717. The van der Waals surface area contributed by atoms with Crippen LogP contribution in [0.1, 0.15) is 43.1 Å². The highest BCUT2D eigenvalue weighted by Crippen LogP contribution is 2.28. The Morgan fingerprint density at radius 1 is 1.32 bits per heavy atom. The molecule has 25 heavy (non-hydrogen) atoms. The molecule has 2 unspecified atom stereocenters. The molecule has 0 bridgehead atoms. The van der Waals surface area contributed by atoms with E-state index in [-0.39, 0.29) is 18.4 Å². The van der Waals surface area contributed by atoms with E-state index in [1.54, 1.807) is 17.0 Å². The molecule has 1 fully saturated rings. The van der Waals surface area contributed by atoms with Gasteiger partial charge in [-0.3, -0.25) is 4.79 Å². The Morgan fingerprint density at radius 3 is 2.88 bits per heavy atom. The van der Waals surface area contributed by atoms with Crippen LogP contribution in [-0.4, -0.2) is 28.5 Å². The third kappa shape index (κ3) is 4.25. The minimum atomic E-state index is -0.898. The summed E-state index contributed by atoms with van der Waals surface area (Å²) in [5.41, 5.74) is 0.596. The zero-order valence-corrected chi connectivity index (χ0v) is 13.8. The molecule has 0 aliphatic carbocycles. The summed E-state index contributed by atoms with van der Waals surface area (Å²) in [5.74, 6) is -1.31. The fraction of sp³-hybridized carbons (Fsp3) is 0.421. The third-order valence-corrected chi connectivity index (χ3v) is 4.68. The molecule has 4 nitrogen and oxygen atoms in total. The molecule has 1 N–H and O–H groups in total. The molecule has 3 rings (SSSR count). The van der Waals surface area contributed by atoms with Crippen molar-refractivity contribution in [2.75, 3.05) is 6.54 Å². The molecule has 1 aromatic carbocycles. The zero-order chi connectivity index (χ0) is 17.8. The van der Waals surface area contributed by atoms with Gasteiger partial charge in [0.25, 0.3) is 0 Å². The lowest BCUT2D eigenvalue weighted by Crippen LogP contribution is -2.36. The number of amides is 1. The van der Waals surface area contributed by atoms with Crippen LogP contribution in [0.4, 0.5) is 8.78 Å². The SMILES string of the molecule is O=C(CCc1ccc(F)c(F)c1)N1CCCC1CC(O)c1ccco1. The van der Waals surface area contributed by atoms with Crippen LogP contribution in [0.2, 0.25) is 0 Å². The van der Waals surface area contributed by atoms with Gasteiger partial charge >= 0.3 is 0 Å². The van der Waals surface area contributed by atoms with Crippen LogP contribution in [0.5, 0.6) is 0 Å². The van der Waals surface area contributed by atoms with Crippen molar-refractivity contribution in [3.8, 4) is 0 Å². The van der Waals surface area contributed by atoms with Crippen LogP contribution < -0.4 is 0 Å². The number of halogens is 2. The van der Waals surface area contributed by atoms with Crippen LogP contribution in [-0.2, 0) is 11.2 Å². The minimum absolute atomic E-state index is 0.0288. The van der Waals surface area contributed by atoms with E-state index in [9.17, 15) is 18.7 Å². The molecule has 6 heteroatoms. The number of carbonyl (C=O) groups is 1. The largest absolute Gasteiger partial charge is 0.467 e. The maximum Gasteiger partial charge on any atom is 0.223 e. The highest BCUT2D eigenvalue weighted by molar-refractivity contribution is 5.77. The maximum absolute atomic E-state index is 13.2. The summed E-state index contributed by atoms with van der Waals surface area (Å²) in [4.78, 5) is 14.3. The number of hydrogen-bond acceptors (Lipinski definition) is 3. The van der Waals surface area contributed by atoms with Gasteiger partial charge in [-0.15, -0.1) is 0 Å². The number of likely N-dealkylation sites (tertiary alicyclic amines) is 1. The van der Waals surface area contributed by atoms with E-state index in [0.717, 1.165) is 25.0 Å². The molecule has 134 valence electrons. The number of benzene rings is 1. The average molecular weight is 349 g/mol. The number of aliphatic hydroxyl groups excluding tert-OH is 1. The zero-order valence-electron chi connectivity index (χ0n) is 13.8. The highest BCUT2D eigenvalue weighted by atomic mass is 19.2. The van der Waals surface area contributed by atoms with E-state index in [1.807, 2.05) is 0 Å². The third-order valence-electron chi connectivity index (χ3n) is 4.68. The van der Waals surface area contributed by atoms with Crippen LogP contribution in [0.3, 0.4) is 0 Å². The number of furan rings is 1. The Morgan fingerprint density at radius 2 is 2.16 bits per heavy atom. The van der Waals surface area contributed by atoms with Gasteiger partial charge in [0.15, 0.2) is 11.6 Å². The van der Waals surface area contributed by atoms with E-state index in [0.29, 0.717) is 30.7 Å².